The highest BCUT2D eigenvalue weighted by atomic mass is 79.9. The van der Waals surface area contributed by atoms with E-state index in [0.29, 0.717) is 36.3 Å². The second-order valence-corrected chi connectivity index (χ2v) is 10.3. The maximum Gasteiger partial charge on any atom is 0.251 e. The highest BCUT2D eigenvalue weighted by molar-refractivity contribution is 9.10. The number of para-hydroxylation sites is 2. The molecule has 176 valence electrons. The first-order valence-corrected chi connectivity index (χ1v) is 12.2. The zero-order valence-electron chi connectivity index (χ0n) is 20.0. The molecular formula is C26H33BrN4O2. The number of rotatable bonds is 9. The number of hydrogen-bond acceptors (Lipinski definition) is 3. The number of benzene rings is 2. The fraction of sp³-hybridized carbons (Fsp3) is 0.423. The number of hydrogen-bond donors (Lipinski definition) is 1. The summed E-state index contributed by atoms with van der Waals surface area (Å²) in [7, 11) is 0. The fourth-order valence-electron chi connectivity index (χ4n) is 3.96. The van der Waals surface area contributed by atoms with Gasteiger partial charge in [-0.15, -0.1) is 0 Å². The maximum absolute atomic E-state index is 13.4. The van der Waals surface area contributed by atoms with Crippen LogP contribution in [0.3, 0.4) is 0 Å². The molecule has 3 aromatic rings. The van der Waals surface area contributed by atoms with Gasteiger partial charge in [0.05, 0.1) is 17.1 Å². The van der Waals surface area contributed by atoms with Gasteiger partial charge in [0.15, 0.2) is 0 Å². The first kappa shape index (κ1) is 25.0. The van der Waals surface area contributed by atoms with Crippen LogP contribution in [0.4, 0.5) is 0 Å². The second-order valence-electron chi connectivity index (χ2n) is 9.34. The van der Waals surface area contributed by atoms with Crippen LogP contribution in [0, 0.1) is 11.8 Å². The number of carbonyl (C=O) groups is 2. The number of halogens is 1. The summed E-state index contributed by atoms with van der Waals surface area (Å²) in [6.45, 7) is 12.0. The van der Waals surface area contributed by atoms with Crippen molar-refractivity contribution in [2.24, 2.45) is 11.8 Å². The molecule has 0 radical (unpaired) electrons. The summed E-state index contributed by atoms with van der Waals surface area (Å²) >= 11 is 3.41. The molecule has 1 N–H and O–H groups in total. The fourth-order valence-corrected chi connectivity index (χ4v) is 4.36. The Kier molecular flexibility index (Phi) is 8.30. The lowest BCUT2D eigenvalue weighted by Gasteiger charge is -2.27. The largest absolute Gasteiger partial charge is 0.342 e. The Morgan fingerprint density at radius 3 is 2.30 bits per heavy atom. The molecule has 0 bridgehead atoms. The normalized spacial score (nSPS) is 12.4. The average Bonchev–Trinajstić information content (AvgIpc) is 3.11. The van der Waals surface area contributed by atoms with Crippen LogP contribution in [-0.4, -0.2) is 39.4 Å². The van der Waals surface area contributed by atoms with Gasteiger partial charge in [-0.1, -0.05) is 61.8 Å². The van der Waals surface area contributed by atoms with Gasteiger partial charge in [0.1, 0.15) is 12.4 Å². The summed E-state index contributed by atoms with van der Waals surface area (Å²) in [5, 5.41) is 3.04. The molecule has 0 saturated carbocycles. The van der Waals surface area contributed by atoms with Crippen molar-refractivity contribution in [3.8, 4) is 0 Å². The lowest BCUT2D eigenvalue weighted by Crippen LogP contribution is -2.39. The number of carbonyl (C=O) groups excluding carboxylic acids is 2. The molecule has 0 fully saturated rings. The van der Waals surface area contributed by atoms with Crippen molar-refractivity contribution < 1.29 is 9.59 Å². The van der Waals surface area contributed by atoms with Crippen molar-refractivity contribution >= 4 is 38.8 Å². The first-order chi connectivity index (χ1) is 15.7. The number of imidazole rings is 1. The van der Waals surface area contributed by atoms with Gasteiger partial charge in [0.25, 0.3) is 5.91 Å². The Morgan fingerprint density at radius 2 is 1.67 bits per heavy atom. The quantitative estimate of drug-likeness (QED) is 0.415. The summed E-state index contributed by atoms with van der Waals surface area (Å²) in [6.07, 6.45) is 0. The van der Waals surface area contributed by atoms with Crippen molar-refractivity contribution in [2.75, 3.05) is 13.1 Å². The van der Waals surface area contributed by atoms with E-state index in [1.54, 1.807) is 12.1 Å². The zero-order valence-corrected chi connectivity index (χ0v) is 21.6. The maximum atomic E-state index is 13.4. The van der Waals surface area contributed by atoms with E-state index >= 15 is 0 Å². The SMILES string of the molecule is CC(C)CN(CC(C)C)C(=O)Cn1c(C(C)NC(=O)c2cccc(Br)c2)nc2ccccc21. The van der Waals surface area contributed by atoms with Crippen LogP contribution in [0.15, 0.2) is 53.0 Å². The van der Waals surface area contributed by atoms with E-state index in [1.165, 1.54) is 0 Å². The van der Waals surface area contributed by atoms with Gasteiger partial charge in [-0.2, -0.15) is 0 Å². The standard InChI is InChI=1S/C26H33BrN4O2/c1-17(2)14-30(15-18(3)4)24(32)16-31-23-12-7-6-11-22(23)29-25(31)19(5)28-26(33)20-9-8-10-21(27)13-20/h6-13,17-19H,14-16H2,1-5H3,(H,28,33). The molecule has 2 aromatic carbocycles. The Balaban J connectivity index is 1.90. The molecule has 6 nitrogen and oxygen atoms in total. The predicted octanol–water partition coefficient (Wildman–Crippen LogP) is 5.43. The summed E-state index contributed by atoms with van der Waals surface area (Å²) in [4.78, 5) is 32.9. The summed E-state index contributed by atoms with van der Waals surface area (Å²) < 4.78 is 2.79. The molecule has 1 atom stereocenters. The second kappa shape index (κ2) is 11.0. The molecule has 0 saturated heterocycles. The Hall–Kier alpha value is -2.67. The van der Waals surface area contributed by atoms with E-state index in [0.717, 1.165) is 15.5 Å². The molecule has 1 unspecified atom stereocenters. The van der Waals surface area contributed by atoms with Gasteiger partial charge in [0.2, 0.25) is 5.91 Å². The van der Waals surface area contributed by atoms with Crippen LogP contribution in [0.25, 0.3) is 11.0 Å². The molecule has 33 heavy (non-hydrogen) atoms. The third-order valence-corrected chi connectivity index (χ3v) is 5.82. The molecule has 1 heterocycles. The van der Waals surface area contributed by atoms with Gasteiger partial charge in [0, 0.05) is 23.1 Å². The van der Waals surface area contributed by atoms with Gasteiger partial charge < -0.3 is 14.8 Å². The average molecular weight is 513 g/mol. The van der Waals surface area contributed by atoms with E-state index < -0.39 is 0 Å². The summed E-state index contributed by atoms with van der Waals surface area (Å²) in [5.41, 5.74) is 2.26. The zero-order chi connectivity index (χ0) is 24.1. The third kappa shape index (κ3) is 6.44. The number of aromatic nitrogens is 2. The van der Waals surface area contributed by atoms with Crippen molar-refractivity contribution in [1.82, 2.24) is 19.8 Å². The van der Waals surface area contributed by atoms with Crippen LogP contribution in [0.2, 0.25) is 0 Å². The van der Waals surface area contributed by atoms with Crippen LogP contribution in [-0.2, 0) is 11.3 Å². The van der Waals surface area contributed by atoms with E-state index in [-0.39, 0.29) is 24.4 Å². The van der Waals surface area contributed by atoms with E-state index in [4.69, 9.17) is 4.98 Å². The van der Waals surface area contributed by atoms with Crippen LogP contribution >= 0.6 is 15.9 Å². The molecule has 2 amide bonds. The molecular weight excluding hydrogens is 480 g/mol. The Labute approximate surface area is 204 Å². The van der Waals surface area contributed by atoms with Crippen molar-refractivity contribution in [2.45, 2.75) is 47.2 Å². The topological polar surface area (TPSA) is 67.2 Å². The molecule has 3 rings (SSSR count). The molecule has 0 spiro atoms. The minimum atomic E-state index is -0.375. The van der Waals surface area contributed by atoms with Gasteiger partial charge in [-0.05, 0) is 49.1 Å². The van der Waals surface area contributed by atoms with Crippen molar-refractivity contribution in [3.63, 3.8) is 0 Å². The van der Waals surface area contributed by atoms with E-state index in [1.807, 2.05) is 52.8 Å². The Morgan fingerprint density at radius 1 is 1.00 bits per heavy atom. The van der Waals surface area contributed by atoms with Crippen LogP contribution < -0.4 is 5.32 Å². The Bertz CT molecular complexity index is 1110. The van der Waals surface area contributed by atoms with Crippen molar-refractivity contribution in [3.05, 3.63) is 64.4 Å². The first-order valence-electron chi connectivity index (χ1n) is 11.4. The number of nitrogens with zero attached hydrogens (tertiary/aromatic N) is 3. The molecule has 0 aliphatic heterocycles. The van der Waals surface area contributed by atoms with Crippen LogP contribution in [0.5, 0.6) is 0 Å². The third-order valence-electron chi connectivity index (χ3n) is 5.32. The van der Waals surface area contributed by atoms with E-state index in [2.05, 4.69) is 48.9 Å². The van der Waals surface area contributed by atoms with Gasteiger partial charge >= 0.3 is 0 Å². The smallest absolute Gasteiger partial charge is 0.251 e. The highest BCUT2D eigenvalue weighted by Gasteiger charge is 2.23. The lowest BCUT2D eigenvalue weighted by molar-refractivity contribution is -0.132. The number of nitrogens with one attached hydrogen (secondary N) is 1. The minimum absolute atomic E-state index is 0.0623. The molecule has 0 aliphatic carbocycles. The molecule has 1 aromatic heterocycles. The summed E-state index contributed by atoms with van der Waals surface area (Å²) in [5.74, 6) is 1.31. The lowest BCUT2D eigenvalue weighted by atomic mass is 10.1. The summed E-state index contributed by atoms with van der Waals surface area (Å²) in [6, 6.07) is 14.7. The predicted molar refractivity (Wildman–Crippen MR) is 136 cm³/mol. The number of amides is 2. The molecule has 0 aliphatic rings. The van der Waals surface area contributed by atoms with Crippen LogP contribution in [0.1, 0.15) is 56.8 Å². The number of fused-ring (bicyclic) bond motifs is 1. The monoisotopic (exact) mass is 512 g/mol. The van der Waals surface area contributed by atoms with Crippen molar-refractivity contribution in [1.29, 1.82) is 0 Å². The van der Waals surface area contributed by atoms with Gasteiger partial charge in [-0.3, -0.25) is 9.59 Å². The highest BCUT2D eigenvalue weighted by Crippen LogP contribution is 2.22. The van der Waals surface area contributed by atoms with Gasteiger partial charge in [-0.25, -0.2) is 4.98 Å². The van der Waals surface area contributed by atoms with E-state index in [9.17, 15) is 9.59 Å². The minimum Gasteiger partial charge on any atom is -0.342 e. The molecule has 7 heteroatoms.